The van der Waals surface area contributed by atoms with E-state index in [1.807, 2.05) is 25.1 Å². The number of likely N-dealkylation sites (tertiary alicyclic amines) is 2. The van der Waals surface area contributed by atoms with Crippen molar-refractivity contribution in [3.8, 4) is 5.75 Å². The number of amides is 1. The van der Waals surface area contributed by atoms with E-state index in [4.69, 9.17) is 4.74 Å². The number of hydrogen-bond acceptors (Lipinski definition) is 5. The number of pyridine rings is 1. The zero-order chi connectivity index (χ0) is 23.0. The molecule has 3 atom stereocenters. The lowest BCUT2D eigenvalue weighted by Crippen LogP contribution is -2.47. The first kappa shape index (κ1) is 23.7. The Morgan fingerprint density at radius 3 is 2.76 bits per heavy atom. The molecule has 2 saturated heterocycles. The van der Waals surface area contributed by atoms with E-state index >= 15 is 0 Å². The fraction of sp³-hybridized carbons (Fsp3) is 0.556. The Hall–Kier alpha value is -2.44. The summed E-state index contributed by atoms with van der Waals surface area (Å²) >= 11 is 0. The second kappa shape index (κ2) is 11.6. The van der Waals surface area contributed by atoms with E-state index in [1.54, 1.807) is 6.20 Å². The van der Waals surface area contributed by atoms with Crippen LogP contribution >= 0.6 is 0 Å². The zero-order valence-electron chi connectivity index (χ0n) is 20.1. The molecule has 1 N–H and O–H groups in total. The molecule has 1 amide bonds. The molecule has 0 saturated carbocycles. The van der Waals surface area contributed by atoms with Gasteiger partial charge in [-0.15, -0.1) is 0 Å². The van der Waals surface area contributed by atoms with Crippen LogP contribution in [0, 0.1) is 18.8 Å². The first-order valence-electron chi connectivity index (χ1n) is 12.4. The van der Waals surface area contributed by atoms with Gasteiger partial charge in [0.05, 0.1) is 18.7 Å². The first-order valence-corrected chi connectivity index (χ1v) is 12.4. The topological polar surface area (TPSA) is 57.7 Å². The number of hydrogen-bond donors (Lipinski definition) is 1. The first-order chi connectivity index (χ1) is 16.1. The highest BCUT2D eigenvalue weighted by Crippen LogP contribution is 2.25. The molecule has 0 bridgehead atoms. The summed E-state index contributed by atoms with van der Waals surface area (Å²) in [5.41, 5.74) is 2.26. The molecule has 2 fully saturated rings. The molecule has 0 radical (unpaired) electrons. The monoisotopic (exact) mass is 450 g/mol. The predicted octanol–water partition coefficient (Wildman–Crippen LogP) is 3.51. The smallest absolute Gasteiger partial charge is 0.224 e. The van der Waals surface area contributed by atoms with Gasteiger partial charge in [-0.25, -0.2) is 0 Å². The summed E-state index contributed by atoms with van der Waals surface area (Å²) in [4.78, 5) is 22.3. The number of benzene rings is 1. The summed E-state index contributed by atoms with van der Waals surface area (Å²) in [5, 5.41) is 3.24. The average molecular weight is 451 g/mol. The Bertz CT molecular complexity index is 873. The number of nitrogens with zero attached hydrogens (tertiary/aromatic N) is 3. The number of ether oxygens (including phenoxy) is 1. The highest BCUT2D eigenvalue weighted by Gasteiger charge is 2.32. The maximum absolute atomic E-state index is 13.1. The molecule has 1 aromatic heterocycles. The van der Waals surface area contributed by atoms with E-state index in [9.17, 15) is 4.79 Å². The highest BCUT2D eigenvalue weighted by atomic mass is 16.5. The van der Waals surface area contributed by atoms with Crippen LogP contribution in [0.3, 0.4) is 0 Å². The van der Waals surface area contributed by atoms with Crippen molar-refractivity contribution in [1.82, 2.24) is 20.1 Å². The van der Waals surface area contributed by atoms with E-state index in [-0.39, 0.29) is 11.8 Å². The largest absolute Gasteiger partial charge is 0.492 e. The maximum atomic E-state index is 13.1. The van der Waals surface area contributed by atoms with Crippen LogP contribution in [0.25, 0.3) is 0 Å². The summed E-state index contributed by atoms with van der Waals surface area (Å²) < 4.78 is 6.06. The third-order valence-electron chi connectivity index (χ3n) is 7.05. The minimum Gasteiger partial charge on any atom is -0.492 e. The van der Waals surface area contributed by atoms with Crippen molar-refractivity contribution < 1.29 is 9.53 Å². The van der Waals surface area contributed by atoms with Crippen molar-refractivity contribution in [3.63, 3.8) is 0 Å². The number of aryl methyl sites for hydroxylation is 1. The third kappa shape index (κ3) is 7.02. The Balaban J connectivity index is 1.34. The molecular weight excluding hydrogens is 412 g/mol. The average Bonchev–Trinajstić information content (AvgIpc) is 3.24. The molecule has 2 aliphatic heterocycles. The van der Waals surface area contributed by atoms with Gasteiger partial charge in [-0.2, -0.15) is 0 Å². The van der Waals surface area contributed by atoms with Crippen molar-refractivity contribution in [1.29, 1.82) is 0 Å². The Kier molecular flexibility index (Phi) is 8.35. The van der Waals surface area contributed by atoms with Crippen LogP contribution in [-0.2, 0) is 11.3 Å². The Morgan fingerprint density at radius 1 is 1.18 bits per heavy atom. The molecule has 6 heteroatoms. The molecule has 3 heterocycles. The minimum atomic E-state index is -0.00601. The normalized spacial score (nSPS) is 24.0. The standard InChI is InChI=1S/C27H38N4O2/c1-21-10-11-26(16-29-21)33-20-23-15-24(19-31(18-23)17-22-7-4-3-5-8-22)27(32)28-13-12-25-9-6-14-30(25)2/h3-5,7-8,10-11,16,23-25H,6,9,12-15,17-20H2,1-2H3,(H,28,32)/t23-,24+,25?/m0/s1. The van der Waals surface area contributed by atoms with Crippen LogP contribution in [0.4, 0.5) is 0 Å². The van der Waals surface area contributed by atoms with Gasteiger partial charge in [0.2, 0.25) is 5.91 Å². The third-order valence-corrected chi connectivity index (χ3v) is 7.05. The van der Waals surface area contributed by atoms with Crippen molar-refractivity contribution in [2.75, 3.05) is 39.8 Å². The van der Waals surface area contributed by atoms with Crippen molar-refractivity contribution in [2.24, 2.45) is 11.8 Å². The molecule has 1 aromatic carbocycles. The molecule has 2 aromatic rings. The van der Waals surface area contributed by atoms with Crippen LogP contribution in [0.1, 0.15) is 36.9 Å². The van der Waals surface area contributed by atoms with Gasteiger partial charge in [-0.05, 0) is 63.9 Å². The molecule has 4 rings (SSSR count). The van der Waals surface area contributed by atoms with E-state index in [0.717, 1.165) is 50.5 Å². The van der Waals surface area contributed by atoms with Gasteiger partial charge >= 0.3 is 0 Å². The number of piperidine rings is 1. The molecule has 2 aliphatic rings. The van der Waals surface area contributed by atoms with Gasteiger partial charge in [0.1, 0.15) is 5.75 Å². The summed E-state index contributed by atoms with van der Waals surface area (Å²) in [7, 11) is 2.19. The Morgan fingerprint density at radius 2 is 2.03 bits per heavy atom. The van der Waals surface area contributed by atoms with Crippen LogP contribution in [0.2, 0.25) is 0 Å². The van der Waals surface area contributed by atoms with E-state index in [2.05, 4.69) is 51.4 Å². The van der Waals surface area contributed by atoms with Crippen LogP contribution in [0.5, 0.6) is 5.75 Å². The molecule has 33 heavy (non-hydrogen) atoms. The van der Waals surface area contributed by atoms with Gasteiger partial charge < -0.3 is 15.0 Å². The van der Waals surface area contributed by atoms with Crippen molar-refractivity contribution in [3.05, 3.63) is 59.9 Å². The quantitative estimate of drug-likeness (QED) is 0.634. The second-order valence-electron chi connectivity index (χ2n) is 9.78. The molecule has 1 unspecified atom stereocenters. The fourth-order valence-corrected chi connectivity index (χ4v) is 5.19. The van der Waals surface area contributed by atoms with Gasteiger partial charge in [-0.1, -0.05) is 30.3 Å². The Labute approximate surface area is 198 Å². The maximum Gasteiger partial charge on any atom is 0.224 e. The molecule has 0 aliphatic carbocycles. The second-order valence-corrected chi connectivity index (χ2v) is 9.78. The van der Waals surface area contributed by atoms with Gasteiger partial charge in [0.25, 0.3) is 0 Å². The van der Waals surface area contributed by atoms with E-state index in [1.165, 1.54) is 24.9 Å². The van der Waals surface area contributed by atoms with Gasteiger partial charge in [0.15, 0.2) is 0 Å². The lowest BCUT2D eigenvalue weighted by Gasteiger charge is -2.37. The lowest BCUT2D eigenvalue weighted by atomic mass is 9.88. The molecular formula is C27H38N4O2. The summed E-state index contributed by atoms with van der Waals surface area (Å²) in [6, 6.07) is 15.1. The van der Waals surface area contributed by atoms with Gasteiger partial charge in [-0.3, -0.25) is 14.7 Å². The molecule has 178 valence electrons. The zero-order valence-corrected chi connectivity index (χ0v) is 20.1. The van der Waals surface area contributed by atoms with Crippen LogP contribution in [-0.4, -0.2) is 66.6 Å². The summed E-state index contributed by atoms with van der Waals surface area (Å²) in [5.74, 6) is 1.28. The number of rotatable bonds is 9. The van der Waals surface area contributed by atoms with Gasteiger partial charge in [0, 0.05) is 43.8 Å². The van der Waals surface area contributed by atoms with E-state index < -0.39 is 0 Å². The number of aromatic nitrogens is 1. The number of carbonyl (C=O) groups is 1. The summed E-state index contributed by atoms with van der Waals surface area (Å²) in [6.45, 7) is 7.11. The fourth-order valence-electron chi connectivity index (χ4n) is 5.19. The van der Waals surface area contributed by atoms with Crippen LogP contribution < -0.4 is 10.1 Å². The highest BCUT2D eigenvalue weighted by molar-refractivity contribution is 5.79. The van der Waals surface area contributed by atoms with Crippen molar-refractivity contribution in [2.45, 2.75) is 45.2 Å². The van der Waals surface area contributed by atoms with E-state index in [0.29, 0.717) is 18.6 Å². The molecule has 0 spiro atoms. The minimum absolute atomic E-state index is 0.00601. The number of nitrogens with one attached hydrogen (secondary N) is 1. The van der Waals surface area contributed by atoms with Crippen molar-refractivity contribution >= 4 is 5.91 Å². The van der Waals surface area contributed by atoms with Crippen LogP contribution in [0.15, 0.2) is 48.7 Å². The summed E-state index contributed by atoms with van der Waals surface area (Å²) in [6.07, 6.45) is 6.19. The molecule has 6 nitrogen and oxygen atoms in total. The predicted molar refractivity (Wildman–Crippen MR) is 131 cm³/mol. The lowest BCUT2D eigenvalue weighted by molar-refractivity contribution is -0.127. The number of carbonyl (C=O) groups excluding carboxylic acids is 1. The SMILES string of the molecule is Cc1ccc(OC[C@H]2C[C@@H](C(=O)NCCC3CCCN3C)CN(Cc3ccccc3)C2)cn1.